The van der Waals surface area contributed by atoms with Crippen LogP contribution in [0.3, 0.4) is 0 Å². The molecular weight excluding hydrogens is 229 g/mol. The lowest BCUT2D eigenvalue weighted by Crippen LogP contribution is -1.97. The van der Waals surface area contributed by atoms with Crippen LogP contribution in [0.5, 0.6) is 0 Å². The third-order valence-electron chi connectivity index (χ3n) is 3.04. The summed E-state index contributed by atoms with van der Waals surface area (Å²) in [6.45, 7) is 0. The third-order valence-corrected chi connectivity index (χ3v) is 3.04. The number of nitrogens with two attached hydrogens (primary N) is 1. The normalized spacial score (nSPS) is 11.0. The van der Waals surface area contributed by atoms with Gasteiger partial charge < -0.3 is 10.3 Å². The highest BCUT2D eigenvalue weighted by Gasteiger charge is 2.12. The Bertz CT molecular complexity index is 731. The molecule has 2 N–H and O–H groups in total. The van der Waals surface area contributed by atoms with E-state index in [0.717, 1.165) is 22.4 Å². The number of aryl methyl sites for hydroxylation is 1. The molecule has 1 heterocycles. The van der Waals surface area contributed by atoms with E-state index >= 15 is 0 Å². The molecule has 0 amide bonds. The van der Waals surface area contributed by atoms with Crippen molar-refractivity contribution < 1.29 is 4.39 Å². The first-order valence-electron chi connectivity index (χ1n) is 5.63. The van der Waals surface area contributed by atoms with E-state index in [1.807, 2.05) is 35.9 Å². The van der Waals surface area contributed by atoms with Crippen LogP contribution in [0.1, 0.15) is 0 Å². The minimum Gasteiger partial charge on any atom is -0.398 e. The predicted octanol–water partition coefficient (Wildman–Crippen LogP) is 2.96. The number of benzene rings is 2. The molecular formula is C14H12FN3. The Labute approximate surface area is 104 Å². The van der Waals surface area contributed by atoms with Crippen molar-refractivity contribution in [3.05, 3.63) is 48.3 Å². The Morgan fingerprint density at radius 2 is 1.94 bits per heavy atom. The minimum absolute atomic E-state index is 0.338. The SMILES string of the molecule is Cn1c(-c2ccc(F)cc2N)nc2ccccc21. The van der Waals surface area contributed by atoms with E-state index in [2.05, 4.69) is 4.98 Å². The van der Waals surface area contributed by atoms with Crippen molar-refractivity contribution in [3.8, 4) is 11.4 Å². The first-order chi connectivity index (χ1) is 8.66. The van der Waals surface area contributed by atoms with E-state index < -0.39 is 0 Å². The molecule has 0 atom stereocenters. The monoisotopic (exact) mass is 241 g/mol. The van der Waals surface area contributed by atoms with Crippen LogP contribution in [0.25, 0.3) is 22.4 Å². The second kappa shape index (κ2) is 3.84. The van der Waals surface area contributed by atoms with Gasteiger partial charge in [0.05, 0.1) is 11.0 Å². The number of anilines is 1. The minimum atomic E-state index is -0.338. The topological polar surface area (TPSA) is 43.8 Å². The summed E-state index contributed by atoms with van der Waals surface area (Å²) in [6.07, 6.45) is 0. The van der Waals surface area contributed by atoms with E-state index in [9.17, 15) is 4.39 Å². The van der Waals surface area contributed by atoms with Gasteiger partial charge in [0, 0.05) is 18.3 Å². The Hall–Kier alpha value is -2.36. The van der Waals surface area contributed by atoms with Gasteiger partial charge in [-0.3, -0.25) is 0 Å². The summed E-state index contributed by atoms with van der Waals surface area (Å²) in [5.41, 5.74) is 8.92. The van der Waals surface area contributed by atoms with Gasteiger partial charge in [-0.25, -0.2) is 9.37 Å². The van der Waals surface area contributed by atoms with Crippen LogP contribution in [0.4, 0.5) is 10.1 Å². The molecule has 0 saturated heterocycles. The molecule has 0 bridgehead atoms. The second-order valence-corrected chi connectivity index (χ2v) is 4.21. The Balaban J connectivity index is 2.28. The molecule has 1 aromatic heterocycles. The van der Waals surface area contributed by atoms with Crippen molar-refractivity contribution in [3.63, 3.8) is 0 Å². The lowest BCUT2D eigenvalue weighted by Gasteiger charge is -2.05. The van der Waals surface area contributed by atoms with Crippen LogP contribution in [0.2, 0.25) is 0 Å². The van der Waals surface area contributed by atoms with E-state index in [-0.39, 0.29) is 5.82 Å². The number of hydrogen-bond donors (Lipinski definition) is 1. The van der Waals surface area contributed by atoms with Crippen LogP contribution < -0.4 is 5.73 Å². The summed E-state index contributed by atoms with van der Waals surface area (Å²) < 4.78 is 15.0. The van der Waals surface area contributed by atoms with Crippen LogP contribution >= 0.6 is 0 Å². The number of para-hydroxylation sites is 2. The number of imidazole rings is 1. The molecule has 0 unspecified atom stereocenters. The van der Waals surface area contributed by atoms with Gasteiger partial charge in [0.25, 0.3) is 0 Å². The molecule has 0 aliphatic carbocycles. The molecule has 0 saturated carbocycles. The summed E-state index contributed by atoms with van der Waals surface area (Å²) in [4.78, 5) is 4.53. The Kier molecular flexibility index (Phi) is 2.30. The highest BCUT2D eigenvalue weighted by atomic mass is 19.1. The van der Waals surface area contributed by atoms with Gasteiger partial charge in [-0.05, 0) is 30.3 Å². The fraction of sp³-hybridized carbons (Fsp3) is 0.0714. The average molecular weight is 241 g/mol. The number of nitrogens with zero attached hydrogens (tertiary/aromatic N) is 2. The molecule has 3 aromatic rings. The number of hydrogen-bond acceptors (Lipinski definition) is 2. The summed E-state index contributed by atoms with van der Waals surface area (Å²) in [6, 6.07) is 12.2. The van der Waals surface area contributed by atoms with Gasteiger partial charge in [-0.2, -0.15) is 0 Å². The van der Waals surface area contributed by atoms with Gasteiger partial charge in [0.1, 0.15) is 11.6 Å². The number of aromatic nitrogens is 2. The van der Waals surface area contributed by atoms with Gasteiger partial charge >= 0.3 is 0 Å². The summed E-state index contributed by atoms with van der Waals surface area (Å²) in [5, 5.41) is 0. The second-order valence-electron chi connectivity index (χ2n) is 4.21. The maximum absolute atomic E-state index is 13.1. The van der Waals surface area contributed by atoms with Crippen LogP contribution in [-0.2, 0) is 7.05 Å². The van der Waals surface area contributed by atoms with Crippen molar-refractivity contribution in [2.75, 3.05) is 5.73 Å². The molecule has 3 rings (SSSR count). The number of fused-ring (bicyclic) bond motifs is 1. The van der Waals surface area contributed by atoms with Crippen molar-refractivity contribution in [1.82, 2.24) is 9.55 Å². The molecule has 0 aliphatic rings. The Morgan fingerprint density at radius 1 is 1.17 bits per heavy atom. The molecule has 0 aliphatic heterocycles. The highest BCUT2D eigenvalue weighted by molar-refractivity contribution is 5.83. The van der Waals surface area contributed by atoms with Crippen molar-refractivity contribution in [2.45, 2.75) is 0 Å². The van der Waals surface area contributed by atoms with Crippen LogP contribution in [0, 0.1) is 5.82 Å². The fourth-order valence-electron chi connectivity index (χ4n) is 2.12. The molecule has 4 heteroatoms. The zero-order chi connectivity index (χ0) is 12.7. The van der Waals surface area contributed by atoms with Crippen LogP contribution in [0.15, 0.2) is 42.5 Å². The zero-order valence-electron chi connectivity index (χ0n) is 9.89. The standard InChI is InChI=1S/C14H12FN3/c1-18-13-5-3-2-4-12(13)17-14(18)10-7-6-9(15)8-11(10)16/h2-8H,16H2,1H3. The fourth-order valence-corrected chi connectivity index (χ4v) is 2.12. The molecule has 18 heavy (non-hydrogen) atoms. The van der Waals surface area contributed by atoms with Crippen molar-refractivity contribution in [2.24, 2.45) is 7.05 Å². The maximum Gasteiger partial charge on any atom is 0.142 e. The average Bonchev–Trinajstić information content (AvgIpc) is 2.68. The highest BCUT2D eigenvalue weighted by Crippen LogP contribution is 2.28. The van der Waals surface area contributed by atoms with Crippen molar-refractivity contribution in [1.29, 1.82) is 0 Å². The molecule has 3 nitrogen and oxygen atoms in total. The van der Waals surface area contributed by atoms with E-state index in [1.165, 1.54) is 12.1 Å². The smallest absolute Gasteiger partial charge is 0.142 e. The summed E-state index contributed by atoms with van der Waals surface area (Å²) >= 11 is 0. The zero-order valence-corrected chi connectivity index (χ0v) is 9.89. The van der Waals surface area contributed by atoms with Crippen molar-refractivity contribution >= 4 is 16.7 Å². The molecule has 0 radical (unpaired) electrons. The predicted molar refractivity (Wildman–Crippen MR) is 70.5 cm³/mol. The number of rotatable bonds is 1. The van der Waals surface area contributed by atoms with Gasteiger partial charge in [-0.15, -0.1) is 0 Å². The van der Waals surface area contributed by atoms with E-state index in [0.29, 0.717) is 5.69 Å². The summed E-state index contributed by atoms with van der Waals surface area (Å²) in [5.74, 6) is 0.406. The largest absolute Gasteiger partial charge is 0.398 e. The summed E-state index contributed by atoms with van der Waals surface area (Å²) in [7, 11) is 1.92. The maximum atomic E-state index is 13.1. The molecule has 90 valence electrons. The van der Waals surface area contributed by atoms with Crippen LogP contribution in [-0.4, -0.2) is 9.55 Å². The Morgan fingerprint density at radius 3 is 2.67 bits per heavy atom. The van der Waals surface area contributed by atoms with E-state index in [1.54, 1.807) is 6.07 Å². The van der Waals surface area contributed by atoms with Gasteiger partial charge in [0.2, 0.25) is 0 Å². The molecule has 2 aromatic carbocycles. The lowest BCUT2D eigenvalue weighted by atomic mass is 10.1. The third kappa shape index (κ3) is 1.54. The van der Waals surface area contributed by atoms with Gasteiger partial charge in [0.15, 0.2) is 0 Å². The number of halogens is 1. The quantitative estimate of drug-likeness (QED) is 0.666. The molecule has 0 fully saturated rings. The molecule has 0 spiro atoms. The van der Waals surface area contributed by atoms with E-state index in [4.69, 9.17) is 5.73 Å². The lowest BCUT2D eigenvalue weighted by molar-refractivity contribution is 0.628. The van der Waals surface area contributed by atoms with Gasteiger partial charge in [-0.1, -0.05) is 12.1 Å². The first-order valence-corrected chi connectivity index (χ1v) is 5.63. The first kappa shape index (κ1) is 10.8. The number of nitrogen functional groups attached to an aromatic ring is 1.